The van der Waals surface area contributed by atoms with Crippen LogP contribution < -0.4 is 9.64 Å². The molecule has 0 bridgehead atoms. The normalized spacial score (nSPS) is 10.9. The lowest BCUT2D eigenvalue weighted by molar-refractivity contribution is -0.115. The molecule has 0 aliphatic rings. The van der Waals surface area contributed by atoms with Gasteiger partial charge in [-0.1, -0.05) is 43.3 Å². The van der Waals surface area contributed by atoms with Crippen molar-refractivity contribution < 1.29 is 9.53 Å². The van der Waals surface area contributed by atoms with Gasteiger partial charge in [0.25, 0.3) is 0 Å². The first kappa shape index (κ1) is 21.0. The number of hydrogen-bond donors (Lipinski definition) is 0. The van der Waals surface area contributed by atoms with Crippen molar-refractivity contribution in [3.63, 3.8) is 0 Å². The summed E-state index contributed by atoms with van der Waals surface area (Å²) in [7, 11) is 2.04. The SMILES string of the molecule is CCc1ccccc1N(C(C)=O)c1nc(CN(C)CCOc2ccccc2)cs1. The Bertz CT molecular complexity index is 927. The van der Waals surface area contributed by atoms with Crippen LogP contribution in [-0.2, 0) is 17.8 Å². The Morgan fingerprint density at radius 3 is 2.55 bits per heavy atom. The summed E-state index contributed by atoms with van der Waals surface area (Å²) < 4.78 is 5.76. The predicted molar refractivity (Wildman–Crippen MR) is 119 cm³/mol. The standard InChI is InChI=1S/C23H27N3O2S/c1-4-19-10-8-9-13-22(19)26(18(2)27)23-24-20(17-29-23)16-25(3)14-15-28-21-11-6-5-7-12-21/h5-13,17H,4,14-16H2,1-3H3. The molecule has 0 N–H and O–H groups in total. The number of carbonyl (C=O) groups is 1. The van der Waals surface area contributed by atoms with Gasteiger partial charge >= 0.3 is 0 Å². The van der Waals surface area contributed by atoms with E-state index in [1.165, 1.54) is 11.3 Å². The molecule has 0 fully saturated rings. The maximum absolute atomic E-state index is 12.4. The van der Waals surface area contributed by atoms with Crippen molar-refractivity contribution in [2.24, 2.45) is 0 Å². The molecule has 0 saturated heterocycles. The summed E-state index contributed by atoms with van der Waals surface area (Å²) in [5.74, 6) is 0.847. The lowest BCUT2D eigenvalue weighted by Crippen LogP contribution is -2.25. The lowest BCUT2D eigenvalue weighted by atomic mass is 10.1. The van der Waals surface area contributed by atoms with Gasteiger partial charge in [0.05, 0.1) is 11.4 Å². The summed E-state index contributed by atoms with van der Waals surface area (Å²) in [6.45, 7) is 5.78. The molecule has 1 aromatic heterocycles. The zero-order valence-electron chi connectivity index (χ0n) is 17.2. The summed E-state index contributed by atoms with van der Waals surface area (Å²) in [5, 5.41) is 2.73. The number of anilines is 2. The van der Waals surface area contributed by atoms with Crippen LogP contribution in [0, 0.1) is 0 Å². The zero-order valence-corrected chi connectivity index (χ0v) is 18.0. The third-order valence-corrected chi connectivity index (χ3v) is 5.45. The number of aryl methyl sites for hydroxylation is 1. The van der Waals surface area contributed by atoms with E-state index in [9.17, 15) is 4.79 Å². The van der Waals surface area contributed by atoms with Crippen LogP contribution in [0.3, 0.4) is 0 Å². The van der Waals surface area contributed by atoms with Gasteiger partial charge in [0.1, 0.15) is 12.4 Å². The molecule has 0 spiro atoms. The summed E-state index contributed by atoms with van der Waals surface area (Å²) in [5.41, 5.74) is 3.00. The van der Waals surface area contributed by atoms with Gasteiger partial charge in [-0.15, -0.1) is 11.3 Å². The van der Waals surface area contributed by atoms with E-state index in [1.54, 1.807) is 11.8 Å². The van der Waals surface area contributed by atoms with Crippen molar-refractivity contribution in [3.8, 4) is 5.75 Å². The highest BCUT2D eigenvalue weighted by Crippen LogP contribution is 2.31. The van der Waals surface area contributed by atoms with Gasteiger partial charge in [-0.25, -0.2) is 4.98 Å². The molecule has 6 heteroatoms. The highest BCUT2D eigenvalue weighted by molar-refractivity contribution is 7.14. The molecule has 0 unspecified atom stereocenters. The molecule has 0 radical (unpaired) electrons. The van der Waals surface area contributed by atoms with Gasteiger partial charge in [-0.05, 0) is 37.2 Å². The van der Waals surface area contributed by atoms with Crippen LogP contribution in [0.25, 0.3) is 0 Å². The highest BCUT2D eigenvalue weighted by Gasteiger charge is 2.20. The Labute approximate surface area is 176 Å². The van der Waals surface area contributed by atoms with Crippen LogP contribution in [0.5, 0.6) is 5.75 Å². The van der Waals surface area contributed by atoms with Gasteiger partial charge in [0.2, 0.25) is 5.91 Å². The molecule has 3 aromatic rings. The van der Waals surface area contributed by atoms with Crippen LogP contribution in [0.1, 0.15) is 25.1 Å². The minimum Gasteiger partial charge on any atom is -0.492 e. The molecule has 0 aliphatic heterocycles. The van der Waals surface area contributed by atoms with Crippen molar-refractivity contribution in [3.05, 3.63) is 71.2 Å². The average Bonchev–Trinajstić information content (AvgIpc) is 3.16. The van der Waals surface area contributed by atoms with Gasteiger partial charge in [-0.3, -0.25) is 14.6 Å². The van der Waals surface area contributed by atoms with Crippen molar-refractivity contribution in [2.75, 3.05) is 25.1 Å². The number of aromatic nitrogens is 1. The summed E-state index contributed by atoms with van der Waals surface area (Å²) >= 11 is 1.50. The topological polar surface area (TPSA) is 45.7 Å². The first-order valence-corrected chi connectivity index (χ1v) is 10.7. The zero-order chi connectivity index (χ0) is 20.6. The Morgan fingerprint density at radius 2 is 1.83 bits per heavy atom. The van der Waals surface area contributed by atoms with E-state index in [0.29, 0.717) is 18.3 Å². The van der Waals surface area contributed by atoms with Crippen LogP contribution in [0.4, 0.5) is 10.8 Å². The third kappa shape index (κ3) is 5.65. The molecule has 0 aliphatic carbocycles. The van der Waals surface area contributed by atoms with Gasteiger partial charge < -0.3 is 4.74 Å². The van der Waals surface area contributed by atoms with E-state index in [0.717, 1.165) is 35.7 Å². The van der Waals surface area contributed by atoms with Gasteiger partial charge in [0.15, 0.2) is 5.13 Å². The number of carbonyl (C=O) groups excluding carboxylic acids is 1. The number of nitrogens with zero attached hydrogens (tertiary/aromatic N) is 3. The number of benzene rings is 2. The number of rotatable bonds is 9. The van der Waals surface area contributed by atoms with E-state index in [-0.39, 0.29) is 5.91 Å². The Morgan fingerprint density at radius 1 is 1.10 bits per heavy atom. The molecule has 3 rings (SSSR count). The second-order valence-electron chi connectivity index (χ2n) is 6.86. The molecule has 1 heterocycles. The van der Waals surface area contributed by atoms with E-state index >= 15 is 0 Å². The van der Waals surface area contributed by atoms with E-state index in [2.05, 4.69) is 17.9 Å². The van der Waals surface area contributed by atoms with Crippen molar-refractivity contribution >= 4 is 28.1 Å². The van der Waals surface area contributed by atoms with Crippen molar-refractivity contribution in [1.82, 2.24) is 9.88 Å². The largest absolute Gasteiger partial charge is 0.492 e. The maximum atomic E-state index is 12.4. The van der Waals surface area contributed by atoms with E-state index in [4.69, 9.17) is 9.72 Å². The van der Waals surface area contributed by atoms with E-state index in [1.807, 2.05) is 61.0 Å². The molecule has 1 amide bonds. The Kier molecular flexibility index (Phi) is 7.38. The lowest BCUT2D eigenvalue weighted by Gasteiger charge is -2.21. The molecular weight excluding hydrogens is 382 g/mol. The van der Waals surface area contributed by atoms with E-state index < -0.39 is 0 Å². The summed E-state index contributed by atoms with van der Waals surface area (Å²) in [6.07, 6.45) is 0.863. The first-order valence-electron chi connectivity index (χ1n) is 9.78. The monoisotopic (exact) mass is 409 g/mol. The van der Waals surface area contributed by atoms with Crippen LogP contribution in [0.15, 0.2) is 60.0 Å². The first-order chi connectivity index (χ1) is 14.1. The van der Waals surface area contributed by atoms with Crippen LogP contribution in [-0.4, -0.2) is 36.0 Å². The minimum atomic E-state index is -0.0311. The average molecular weight is 410 g/mol. The fourth-order valence-electron chi connectivity index (χ4n) is 3.10. The molecule has 152 valence electrons. The number of para-hydroxylation sites is 2. The number of ether oxygens (including phenoxy) is 1. The number of hydrogen-bond acceptors (Lipinski definition) is 5. The third-order valence-electron chi connectivity index (χ3n) is 4.58. The second-order valence-corrected chi connectivity index (χ2v) is 7.69. The quantitative estimate of drug-likeness (QED) is 0.504. The molecule has 5 nitrogen and oxygen atoms in total. The summed E-state index contributed by atoms with van der Waals surface area (Å²) in [4.78, 5) is 21.0. The van der Waals surface area contributed by atoms with Crippen LogP contribution in [0.2, 0.25) is 0 Å². The van der Waals surface area contributed by atoms with Crippen molar-refractivity contribution in [1.29, 1.82) is 0 Å². The van der Waals surface area contributed by atoms with Gasteiger partial charge in [-0.2, -0.15) is 0 Å². The fraction of sp³-hybridized carbons (Fsp3) is 0.304. The molecule has 29 heavy (non-hydrogen) atoms. The van der Waals surface area contributed by atoms with Crippen molar-refractivity contribution in [2.45, 2.75) is 26.8 Å². The highest BCUT2D eigenvalue weighted by atomic mass is 32.1. The maximum Gasteiger partial charge on any atom is 0.230 e. The molecule has 0 atom stereocenters. The molecule has 0 saturated carbocycles. The molecule has 2 aromatic carbocycles. The Balaban J connectivity index is 1.63. The minimum absolute atomic E-state index is 0.0311. The van der Waals surface area contributed by atoms with Gasteiger partial charge in [0, 0.05) is 25.4 Å². The number of likely N-dealkylation sites (N-methyl/N-ethyl adjacent to an activating group) is 1. The second kappa shape index (κ2) is 10.2. The number of amides is 1. The number of thiazole rings is 1. The van der Waals surface area contributed by atoms with Crippen LogP contribution >= 0.6 is 11.3 Å². The Hall–Kier alpha value is -2.70. The summed E-state index contributed by atoms with van der Waals surface area (Å²) in [6, 6.07) is 17.8. The smallest absolute Gasteiger partial charge is 0.230 e. The molecular formula is C23H27N3O2S. The predicted octanol–water partition coefficient (Wildman–Crippen LogP) is 4.90. The fourth-order valence-corrected chi connectivity index (χ4v) is 3.97.